The van der Waals surface area contributed by atoms with E-state index in [2.05, 4.69) is 49.3 Å². The van der Waals surface area contributed by atoms with Gasteiger partial charge >= 0.3 is 11.9 Å². The van der Waals surface area contributed by atoms with Gasteiger partial charge in [-0.1, -0.05) is 78.7 Å². The van der Waals surface area contributed by atoms with Crippen molar-refractivity contribution in [2.24, 2.45) is 0 Å². The average molecular weight is 802 g/mol. The minimum atomic E-state index is -0.337. The molecule has 0 heterocycles. The molecule has 0 amide bonds. The predicted molar refractivity (Wildman–Crippen MR) is 221 cm³/mol. The molecule has 0 aromatic heterocycles. The second kappa shape index (κ2) is 21.4. The van der Waals surface area contributed by atoms with Gasteiger partial charge in [0.25, 0.3) is 0 Å². The number of hydrogen-bond acceptors (Lipinski definition) is 8. The van der Waals surface area contributed by atoms with Gasteiger partial charge in [-0.15, -0.1) is 0 Å². The molecule has 0 bridgehead atoms. The molecule has 4 aromatic carbocycles. The molecule has 0 saturated heterocycles. The van der Waals surface area contributed by atoms with Gasteiger partial charge in [0.2, 0.25) is 0 Å². The summed E-state index contributed by atoms with van der Waals surface area (Å²) in [4.78, 5) is 24.2. The van der Waals surface area contributed by atoms with E-state index in [0.29, 0.717) is 49.5 Å². The van der Waals surface area contributed by atoms with E-state index in [1.54, 1.807) is 19.1 Å². The van der Waals surface area contributed by atoms with Crippen molar-refractivity contribution in [2.45, 2.75) is 103 Å². The summed E-state index contributed by atoms with van der Waals surface area (Å²) in [5, 5.41) is 14.1. The van der Waals surface area contributed by atoms with Crippen molar-refractivity contribution in [1.82, 2.24) is 0 Å². The van der Waals surface area contributed by atoms with Gasteiger partial charge in [-0.25, -0.2) is 14.0 Å². The number of ether oxygens (including phenoxy) is 2. The minimum Gasteiger partial charge on any atom is -0.462 e. The molecule has 0 radical (unpaired) electrons. The van der Waals surface area contributed by atoms with Crippen LogP contribution in [0.3, 0.4) is 0 Å². The van der Waals surface area contributed by atoms with E-state index < -0.39 is 0 Å². The van der Waals surface area contributed by atoms with E-state index in [4.69, 9.17) is 9.47 Å². The smallest absolute Gasteiger partial charge is 0.338 e. The molecule has 288 valence electrons. The maximum atomic E-state index is 13.4. The number of carbonyl (C=O) groups is 2. The topological polar surface area (TPSA) is 101 Å². The Balaban J connectivity index is 0.000000208. The van der Waals surface area contributed by atoms with Crippen LogP contribution in [0.2, 0.25) is 0 Å². The van der Waals surface area contributed by atoms with Gasteiger partial charge in [0.15, 0.2) is 0 Å². The molecule has 10 heteroatoms. The van der Waals surface area contributed by atoms with Gasteiger partial charge < -0.3 is 30.7 Å². The Morgan fingerprint density at radius 1 is 0.611 bits per heavy atom. The summed E-state index contributed by atoms with van der Waals surface area (Å²) in [6, 6.07) is 26.9. The fourth-order valence-electron chi connectivity index (χ4n) is 6.89. The Bertz CT molecular complexity index is 1790. The number of rotatable bonds is 14. The Hall–Kier alpha value is -4.57. The van der Waals surface area contributed by atoms with Gasteiger partial charge in [0.05, 0.1) is 47.1 Å². The highest BCUT2D eigenvalue weighted by Crippen LogP contribution is 2.30. The van der Waals surface area contributed by atoms with Crippen LogP contribution in [-0.2, 0) is 22.6 Å². The van der Waals surface area contributed by atoms with E-state index in [0.717, 1.165) is 45.6 Å². The maximum absolute atomic E-state index is 13.4. The van der Waals surface area contributed by atoms with Crippen molar-refractivity contribution in [3.63, 3.8) is 0 Å². The highest BCUT2D eigenvalue weighted by molar-refractivity contribution is 9.10. The van der Waals surface area contributed by atoms with Crippen molar-refractivity contribution >= 4 is 50.6 Å². The number of nitrogens with one attached hydrogen (secondary N) is 4. The van der Waals surface area contributed by atoms with E-state index in [1.807, 2.05) is 55.5 Å². The van der Waals surface area contributed by atoms with Crippen LogP contribution in [0.5, 0.6) is 0 Å². The first-order chi connectivity index (χ1) is 26.3. The second-order valence-corrected chi connectivity index (χ2v) is 14.8. The van der Waals surface area contributed by atoms with Crippen molar-refractivity contribution in [1.29, 1.82) is 0 Å². The lowest BCUT2D eigenvalue weighted by atomic mass is 9.95. The normalized spacial score (nSPS) is 14.6. The van der Waals surface area contributed by atoms with E-state index in [1.165, 1.54) is 69.1 Å². The molecular weight excluding hydrogens is 747 g/mol. The molecule has 4 aromatic rings. The summed E-state index contributed by atoms with van der Waals surface area (Å²) in [6.07, 6.45) is 12.4. The first-order valence-corrected chi connectivity index (χ1v) is 20.2. The fraction of sp³-hybridized carbons (Fsp3) is 0.409. The van der Waals surface area contributed by atoms with Crippen molar-refractivity contribution < 1.29 is 23.5 Å². The molecule has 2 aliphatic rings. The van der Waals surface area contributed by atoms with Gasteiger partial charge in [-0.2, -0.15) is 0 Å². The predicted octanol–water partition coefficient (Wildman–Crippen LogP) is 11.3. The zero-order chi connectivity index (χ0) is 38.1. The highest BCUT2D eigenvalue weighted by atomic mass is 79.9. The molecule has 54 heavy (non-hydrogen) atoms. The minimum absolute atomic E-state index is 0.255. The standard InChI is InChI=1S/C22H27BrN2O2.C22H27FN2O2/c1-2-27-22(26)17-10-13-20(25-19-6-4-3-5-7-19)21(14-17)24-15-16-8-11-18(23)12-9-16;1-2-27-22(26)17-11-12-20(25-19-9-4-3-5-10-19)21(14-17)24-15-16-7-6-8-18(23)13-16/h8-14,19,24-25H,2-7,15H2,1H3;6-8,11-14,19,24-25H,2-5,9-10,15H2,1H3. The molecule has 0 unspecified atom stereocenters. The van der Waals surface area contributed by atoms with Crippen LogP contribution in [-0.4, -0.2) is 37.2 Å². The summed E-state index contributed by atoms with van der Waals surface area (Å²) in [5.41, 5.74) is 6.89. The molecule has 0 aliphatic heterocycles. The molecule has 4 N–H and O–H groups in total. The molecule has 6 rings (SSSR count). The Morgan fingerprint density at radius 2 is 1.09 bits per heavy atom. The van der Waals surface area contributed by atoms with Crippen molar-refractivity contribution in [3.05, 3.63) is 117 Å². The summed E-state index contributed by atoms with van der Waals surface area (Å²) >= 11 is 3.47. The van der Waals surface area contributed by atoms with Crippen LogP contribution in [0.25, 0.3) is 0 Å². The molecule has 2 saturated carbocycles. The largest absolute Gasteiger partial charge is 0.462 e. The second-order valence-electron chi connectivity index (χ2n) is 13.9. The Morgan fingerprint density at radius 3 is 1.56 bits per heavy atom. The van der Waals surface area contributed by atoms with Gasteiger partial charge in [-0.05, 0) is 111 Å². The molecule has 0 atom stereocenters. The third kappa shape index (κ3) is 12.8. The molecule has 2 aliphatic carbocycles. The molecule has 8 nitrogen and oxygen atoms in total. The van der Waals surface area contributed by atoms with E-state index in [9.17, 15) is 14.0 Å². The van der Waals surface area contributed by atoms with Crippen LogP contribution in [0.15, 0.2) is 89.4 Å². The highest BCUT2D eigenvalue weighted by Gasteiger charge is 2.18. The lowest BCUT2D eigenvalue weighted by molar-refractivity contribution is 0.0517. The number of anilines is 4. The maximum Gasteiger partial charge on any atom is 0.338 e. The summed E-state index contributed by atoms with van der Waals surface area (Å²) < 4.78 is 24.8. The van der Waals surface area contributed by atoms with Crippen molar-refractivity contribution in [3.8, 4) is 0 Å². The Labute approximate surface area is 328 Å². The number of benzene rings is 4. The summed E-state index contributed by atoms with van der Waals surface area (Å²) in [5.74, 6) is -0.876. The van der Waals surface area contributed by atoms with E-state index in [-0.39, 0.29) is 17.8 Å². The summed E-state index contributed by atoms with van der Waals surface area (Å²) in [6.45, 7) is 5.50. The third-order valence-electron chi connectivity index (χ3n) is 9.76. The fourth-order valence-corrected chi connectivity index (χ4v) is 7.16. The summed E-state index contributed by atoms with van der Waals surface area (Å²) in [7, 11) is 0. The average Bonchev–Trinajstić information content (AvgIpc) is 3.19. The SMILES string of the molecule is CCOC(=O)c1ccc(NC2CCCCC2)c(NCc2ccc(Br)cc2)c1.CCOC(=O)c1ccc(NC2CCCCC2)c(NCc2cccc(F)c2)c1. The quantitative estimate of drug-likeness (QED) is 0.0936. The zero-order valence-electron chi connectivity index (χ0n) is 31.5. The van der Waals surface area contributed by atoms with Crippen LogP contribution >= 0.6 is 15.9 Å². The van der Waals surface area contributed by atoms with Gasteiger partial charge in [0.1, 0.15) is 5.82 Å². The van der Waals surface area contributed by atoms with Crippen molar-refractivity contribution in [2.75, 3.05) is 34.5 Å². The zero-order valence-corrected chi connectivity index (χ0v) is 33.1. The number of hydrogen-bond donors (Lipinski definition) is 4. The first-order valence-electron chi connectivity index (χ1n) is 19.4. The Kier molecular flexibility index (Phi) is 16.1. The third-order valence-corrected chi connectivity index (χ3v) is 10.3. The van der Waals surface area contributed by atoms with Gasteiger partial charge in [-0.3, -0.25) is 0 Å². The lowest BCUT2D eigenvalue weighted by Crippen LogP contribution is -2.23. The monoisotopic (exact) mass is 800 g/mol. The number of esters is 2. The van der Waals surface area contributed by atoms with E-state index >= 15 is 0 Å². The molecule has 0 spiro atoms. The van der Waals surface area contributed by atoms with Crippen LogP contribution in [0, 0.1) is 5.82 Å². The molecular formula is C44H54BrFN4O4. The molecule has 2 fully saturated rings. The van der Waals surface area contributed by atoms with Crippen LogP contribution in [0.4, 0.5) is 27.1 Å². The number of carbonyl (C=O) groups excluding carboxylic acids is 2. The van der Waals surface area contributed by atoms with Gasteiger partial charge in [0, 0.05) is 29.6 Å². The first kappa shape index (κ1) is 40.6. The van der Waals surface area contributed by atoms with Crippen LogP contribution in [0.1, 0.15) is 110 Å². The number of halogens is 2. The lowest BCUT2D eigenvalue weighted by Gasteiger charge is -2.25. The van der Waals surface area contributed by atoms with Crippen LogP contribution < -0.4 is 21.3 Å².